The third-order valence-corrected chi connectivity index (χ3v) is 5.51. The molecule has 1 heterocycles. The second-order valence-corrected chi connectivity index (χ2v) is 9.00. The zero-order valence-corrected chi connectivity index (χ0v) is 18.1. The van der Waals surface area contributed by atoms with E-state index in [4.69, 9.17) is 9.47 Å². The van der Waals surface area contributed by atoms with E-state index in [1.807, 2.05) is 43.9 Å². The fourth-order valence-corrected chi connectivity index (χ4v) is 3.60. The van der Waals surface area contributed by atoms with Gasteiger partial charge in [0.25, 0.3) is 0 Å². The van der Waals surface area contributed by atoms with Crippen molar-refractivity contribution in [3.8, 4) is 5.75 Å². The van der Waals surface area contributed by atoms with E-state index in [0.717, 1.165) is 61.2 Å². The van der Waals surface area contributed by atoms with E-state index in [-0.39, 0.29) is 6.09 Å². The molecule has 0 radical (unpaired) electrons. The van der Waals surface area contributed by atoms with Crippen molar-refractivity contribution in [2.24, 2.45) is 5.92 Å². The van der Waals surface area contributed by atoms with Gasteiger partial charge in [-0.05, 0) is 77.8 Å². The second kappa shape index (κ2) is 9.63. The van der Waals surface area contributed by atoms with Gasteiger partial charge >= 0.3 is 6.09 Å². The zero-order valence-electron chi connectivity index (χ0n) is 16.5. The highest BCUT2D eigenvalue weighted by molar-refractivity contribution is 9.10. The van der Waals surface area contributed by atoms with Crippen LogP contribution in [0.4, 0.5) is 4.79 Å². The Morgan fingerprint density at radius 2 is 2.08 bits per heavy atom. The Bertz CT molecular complexity index is 597. The van der Waals surface area contributed by atoms with Crippen LogP contribution in [0, 0.1) is 12.8 Å². The summed E-state index contributed by atoms with van der Waals surface area (Å²) in [7, 11) is 0. The van der Waals surface area contributed by atoms with E-state index in [1.165, 1.54) is 6.42 Å². The van der Waals surface area contributed by atoms with Crippen molar-refractivity contribution in [1.29, 1.82) is 0 Å². The average Bonchev–Trinajstić information content (AvgIpc) is 2.57. The van der Waals surface area contributed by atoms with Gasteiger partial charge in [-0.15, -0.1) is 0 Å². The third kappa shape index (κ3) is 6.82. The molecule has 1 atom stereocenters. The van der Waals surface area contributed by atoms with Crippen molar-refractivity contribution in [2.45, 2.75) is 65.4 Å². The predicted octanol–water partition coefficient (Wildman–Crippen LogP) is 5.95. The van der Waals surface area contributed by atoms with Crippen LogP contribution in [0.5, 0.6) is 5.75 Å². The van der Waals surface area contributed by atoms with Crippen molar-refractivity contribution >= 4 is 22.0 Å². The van der Waals surface area contributed by atoms with Gasteiger partial charge in [0.15, 0.2) is 0 Å². The van der Waals surface area contributed by atoms with Crippen LogP contribution in [-0.2, 0) is 4.74 Å². The average molecular weight is 426 g/mol. The molecule has 0 aliphatic carbocycles. The SMILES string of the molecule is Cc1c(Br)cccc1OCCCC[C@@H]1CCCN(C(=O)OC(C)(C)C)C1. The minimum atomic E-state index is -0.425. The Balaban J connectivity index is 1.68. The molecule has 0 bridgehead atoms. The standard InChI is InChI=1S/C21H32BrNO3/c1-16-18(22)11-7-12-19(16)25-14-6-5-9-17-10-8-13-23(15-17)20(24)26-21(2,3)4/h7,11-12,17H,5-6,8-10,13-15H2,1-4H3/t17-/m1/s1. The van der Waals surface area contributed by atoms with Crippen LogP contribution in [0.2, 0.25) is 0 Å². The van der Waals surface area contributed by atoms with Crippen LogP contribution in [-0.4, -0.2) is 36.3 Å². The van der Waals surface area contributed by atoms with Gasteiger partial charge in [0.2, 0.25) is 0 Å². The van der Waals surface area contributed by atoms with E-state index in [1.54, 1.807) is 0 Å². The second-order valence-electron chi connectivity index (χ2n) is 8.14. The molecule has 4 nitrogen and oxygen atoms in total. The molecular formula is C21H32BrNO3. The van der Waals surface area contributed by atoms with Crippen LogP contribution in [0.25, 0.3) is 0 Å². The number of hydrogen-bond acceptors (Lipinski definition) is 3. The quantitative estimate of drug-likeness (QED) is 0.528. The first kappa shape index (κ1) is 21.1. The molecule has 0 aromatic heterocycles. The fourth-order valence-electron chi connectivity index (χ4n) is 3.25. The molecule has 1 aliphatic rings. The van der Waals surface area contributed by atoms with Crippen LogP contribution in [0.1, 0.15) is 58.4 Å². The number of carbonyl (C=O) groups excluding carboxylic acids is 1. The normalized spacial score (nSPS) is 17.9. The lowest BCUT2D eigenvalue weighted by atomic mass is 9.93. The number of rotatable bonds is 6. The Hall–Kier alpha value is -1.23. The molecule has 0 spiro atoms. The highest BCUT2D eigenvalue weighted by Crippen LogP contribution is 2.26. The lowest BCUT2D eigenvalue weighted by Crippen LogP contribution is -2.42. The lowest BCUT2D eigenvalue weighted by molar-refractivity contribution is 0.0160. The minimum absolute atomic E-state index is 0.171. The topological polar surface area (TPSA) is 38.8 Å². The van der Waals surface area contributed by atoms with Crippen LogP contribution in [0.3, 0.4) is 0 Å². The Labute approximate surface area is 166 Å². The fraction of sp³-hybridized carbons (Fsp3) is 0.667. The highest BCUT2D eigenvalue weighted by Gasteiger charge is 2.27. The van der Waals surface area contributed by atoms with Gasteiger partial charge in [-0.25, -0.2) is 4.79 Å². The maximum absolute atomic E-state index is 12.2. The number of piperidine rings is 1. The number of nitrogens with zero attached hydrogens (tertiary/aromatic N) is 1. The molecule has 1 fully saturated rings. The number of ether oxygens (including phenoxy) is 2. The first-order chi connectivity index (χ1) is 12.3. The summed E-state index contributed by atoms with van der Waals surface area (Å²) in [4.78, 5) is 14.1. The van der Waals surface area contributed by atoms with Gasteiger partial charge in [-0.3, -0.25) is 0 Å². The van der Waals surface area contributed by atoms with Gasteiger partial charge in [0, 0.05) is 23.1 Å². The van der Waals surface area contributed by atoms with Crippen LogP contribution < -0.4 is 4.74 Å². The summed E-state index contributed by atoms with van der Waals surface area (Å²) in [6.07, 6.45) is 5.40. The summed E-state index contributed by atoms with van der Waals surface area (Å²) in [6, 6.07) is 6.04. The van der Waals surface area contributed by atoms with E-state index in [9.17, 15) is 4.79 Å². The minimum Gasteiger partial charge on any atom is -0.493 e. The number of unbranched alkanes of at least 4 members (excludes halogenated alkanes) is 1. The molecule has 0 unspecified atom stereocenters. The van der Waals surface area contributed by atoms with Crippen molar-refractivity contribution in [2.75, 3.05) is 19.7 Å². The van der Waals surface area contributed by atoms with E-state index in [0.29, 0.717) is 5.92 Å². The summed E-state index contributed by atoms with van der Waals surface area (Å²) < 4.78 is 12.5. The van der Waals surface area contributed by atoms with E-state index >= 15 is 0 Å². The third-order valence-electron chi connectivity index (χ3n) is 4.65. The van der Waals surface area contributed by atoms with E-state index < -0.39 is 5.60 Å². The van der Waals surface area contributed by atoms with Gasteiger partial charge in [-0.1, -0.05) is 22.0 Å². The number of amides is 1. The maximum Gasteiger partial charge on any atom is 0.410 e. The molecule has 146 valence electrons. The Morgan fingerprint density at radius 1 is 1.31 bits per heavy atom. The van der Waals surface area contributed by atoms with Crippen LogP contribution >= 0.6 is 15.9 Å². The highest BCUT2D eigenvalue weighted by atomic mass is 79.9. The molecular weight excluding hydrogens is 394 g/mol. The molecule has 1 amide bonds. The maximum atomic E-state index is 12.2. The molecule has 0 N–H and O–H groups in total. The number of halogens is 1. The number of hydrogen-bond donors (Lipinski definition) is 0. The molecule has 0 saturated carbocycles. The molecule has 1 saturated heterocycles. The molecule has 1 aromatic rings. The lowest BCUT2D eigenvalue weighted by Gasteiger charge is -2.34. The Kier molecular flexibility index (Phi) is 7.81. The van der Waals surface area contributed by atoms with E-state index in [2.05, 4.69) is 22.9 Å². The number of benzene rings is 1. The van der Waals surface area contributed by atoms with Crippen LogP contribution in [0.15, 0.2) is 22.7 Å². The van der Waals surface area contributed by atoms with Gasteiger partial charge in [0.05, 0.1) is 6.61 Å². The van der Waals surface area contributed by atoms with Gasteiger partial charge in [-0.2, -0.15) is 0 Å². The molecule has 26 heavy (non-hydrogen) atoms. The summed E-state index contributed by atoms with van der Waals surface area (Å²) >= 11 is 3.53. The molecule has 5 heteroatoms. The summed E-state index contributed by atoms with van der Waals surface area (Å²) in [5.41, 5.74) is 0.721. The number of likely N-dealkylation sites (tertiary alicyclic amines) is 1. The van der Waals surface area contributed by atoms with Crippen molar-refractivity contribution < 1.29 is 14.3 Å². The molecule has 2 rings (SSSR count). The van der Waals surface area contributed by atoms with Gasteiger partial charge < -0.3 is 14.4 Å². The summed E-state index contributed by atoms with van der Waals surface area (Å²) in [5.74, 6) is 1.53. The first-order valence-corrected chi connectivity index (χ1v) is 10.4. The summed E-state index contributed by atoms with van der Waals surface area (Å²) in [5, 5.41) is 0. The van der Waals surface area contributed by atoms with Crippen molar-refractivity contribution in [3.05, 3.63) is 28.2 Å². The smallest absolute Gasteiger partial charge is 0.410 e. The first-order valence-electron chi connectivity index (χ1n) is 9.62. The zero-order chi connectivity index (χ0) is 19.2. The van der Waals surface area contributed by atoms with Crippen molar-refractivity contribution in [3.63, 3.8) is 0 Å². The Morgan fingerprint density at radius 3 is 2.81 bits per heavy atom. The largest absolute Gasteiger partial charge is 0.493 e. The van der Waals surface area contributed by atoms with Crippen molar-refractivity contribution in [1.82, 2.24) is 4.90 Å². The monoisotopic (exact) mass is 425 g/mol. The number of carbonyl (C=O) groups is 1. The van der Waals surface area contributed by atoms with Gasteiger partial charge in [0.1, 0.15) is 11.4 Å². The molecule has 1 aliphatic heterocycles. The summed E-state index contributed by atoms with van der Waals surface area (Å²) in [6.45, 7) is 10.2. The molecule has 1 aromatic carbocycles. The predicted molar refractivity (Wildman–Crippen MR) is 109 cm³/mol.